The van der Waals surface area contributed by atoms with E-state index in [1.54, 1.807) is 18.2 Å². The molecule has 136 valence electrons. The van der Waals surface area contributed by atoms with Crippen molar-refractivity contribution in [3.8, 4) is 0 Å². The van der Waals surface area contributed by atoms with E-state index in [0.717, 1.165) is 37.1 Å². The molecule has 1 N–H and O–H groups in total. The molecular formula is C20H23N3O3. The van der Waals surface area contributed by atoms with E-state index in [-0.39, 0.29) is 22.4 Å². The highest BCUT2D eigenvalue weighted by atomic mass is 16.6. The van der Waals surface area contributed by atoms with E-state index in [2.05, 4.69) is 10.2 Å². The number of amides is 1. The van der Waals surface area contributed by atoms with Gasteiger partial charge in [0.05, 0.1) is 4.92 Å². The number of nitrogens with one attached hydrogen (secondary N) is 1. The highest BCUT2D eigenvalue weighted by molar-refractivity contribution is 5.78. The van der Waals surface area contributed by atoms with Crippen LogP contribution in [0.25, 0.3) is 0 Å². The Labute approximate surface area is 153 Å². The maximum absolute atomic E-state index is 12.4. The van der Waals surface area contributed by atoms with E-state index < -0.39 is 0 Å². The summed E-state index contributed by atoms with van der Waals surface area (Å²) < 4.78 is 0. The lowest BCUT2D eigenvalue weighted by Crippen LogP contribution is -2.40. The van der Waals surface area contributed by atoms with E-state index in [0.29, 0.717) is 13.1 Å². The molecule has 0 radical (unpaired) electrons. The molecule has 1 saturated heterocycles. The zero-order valence-electron chi connectivity index (χ0n) is 14.6. The van der Waals surface area contributed by atoms with Gasteiger partial charge in [-0.05, 0) is 31.5 Å². The number of para-hydroxylation sites is 1. The molecule has 0 saturated carbocycles. The minimum Gasteiger partial charge on any atom is -0.352 e. The topological polar surface area (TPSA) is 75.5 Å². The molecule has 1 heterocycles. The van der Waals surface area contributed by atoms with Crippen LogP contribution in [0.4, 0.5) is 5.69 Å². The first kappa shape index (κ1) is 18.1. The van der Waals surface area contributed by atoms with Crippen molar-refractivity contribution in [2.75, 3.05) is 13.1 Å². The summed E-state index contributed by atoms with van der Waals surface area (Å²) in [7, 11) is 0. The summed E-state index contributed by atoms with van der Waals surface area (Å²) in [5.74, 6) is 0.111. The van der Waals surface area contributed by atoms with Gasteiger partial charge in [0.2, 0.25) is 5.91 Å². The van der Waals surface area contributed by atoms with Crippen LogP contribution in [0.2, 0.25) is 0 Å². The van der Waals surface area contributed by atoms with Gasteiger partial charge in [0.15, 0.2) is 0 Å². The SMILES string of the molecule is O=C(NCc1ccccc1)C1CCN(Cc2ccccc2[N+](=O)[O-])CC1. The van der Waals surface area contributed by atoms with Gasteiger partial charge in [-0.25, -0.2) is 0 Å². The van der Waals surface area contributed by atoms with Crippen LogP contribution < -0.4 is 5.32 Å². The number of carbonyl (C=O) groups is 1. The highest BCUT2D eigenvalue weighted by Gasteiger charge is 2.26. The second-order valence-corrected chi connectivity index (χ2v) is 6.64. The Morgan fingerprint density at radius 2 is 1.73 bits per heavy atom. The van der Waals surface area contributed by atoms with Crippen LogP contribution in [-0.2, 0) is 17.9 Å². The Morgan fingerprint density at radius 3 is 2.42 bits per heavy atom. The van der Waals surface area contributed by atoms with Gasteiger partial charge in [-0.2, -0.15) is 0 Å². The first-order valence-corrected chi connectivity index (χ1v) is 8.90. The average molecular weight is 353 g/mol. The summed E-state index contributed by atoms with van der Waals surface area (Å²) in [5.41, 5.74) is 1.98. The smallest absolute Gasteiger partial charge is 0.273 e. The second-order valence-electron chi connectivity index (χ2n) is 6.64. The van der Waals surface area contributed by atoms with Crippen molar-refractivity contribution in [1.29, 1.82) is 0 Å². The maximum Gasteiger partial charge on any atom is 0.273 e. The Hall–Kier alpha value is -2.73. The lowest BCUT2D eigenvalue weighted by molar-refractivity contribution is -0.385. The fourth-order valence-electron chi connectivity index (χ4n) is 3.35. The predicted octanol–water partition coefficient (Wildman–Crippen LogP) is 3.12. The molecule has 0 bridgehead atoms. The van der Waals surface area contributed by atoms with Crippen molar-refractivity contribution in [2.24, 2.45) is 5.92 Å². The molecule has 1 amide bonds. The number of rotatable bonds is 6. The second kappa shape index (κ2) is 8.58. The summed E-state index contributed by atoms with van der Waals surface area (Å²) in [6.45, 7) is 2.65. The van der Waals surface area contributed by atoms with Crippen molar-refractivity contribution in [3.63, 3.8) is 0 Å². The van der Waals surface area contributed by atoms with Crippen LogP contribution in [0.5, 0.6) is 0 Å². The van der Waals surface area contributed by atoms with Gasteiger partial charge in [0.25, 0.3) is 5.69 Å². The molecule has 3 rings (SSSR count). The zero-order valence-corrected chi connectivity index (χ0v) is 14.6. The molecule has 0 unspecified atom stereocenters. The van der Waals surface area contributed by atoms with Gasteiger partial charge >= 0.3 is 0 Å². The first-order chi connectivity index (χ1) is 12.6. The quantitative estimate of drug-likeness (QED) is 0.639. The van der Waals surface area contributed by atoms with Crippen LogP contribution in [-0.4, -0.2) is 28.8 Å². The Bertz CT molecular complexity index is 756. The van der Waals surface area contributed by atoms with Crippen LogP contribution in [0, 0.1) is 16.0 Å². The lowest BCUT2D eigenvalue weighted by Gasteiger charge is -2.31. The van der Waals surface area contributed by atoms with Crippen molar-refractivity contribution < 1.29 is 9.72 Å². The molecule has 1 fully saturated rings. The molecule has 0 aliphatic carbocycles. The number of nitrogens with zero attached hydrogens (tertiary/aromatic N) is 2. The average Bonchev–Trinajstić information content (AvgIpc) is 2.68. The third-order valence-corrected chi connectivity index (χ3v) is 4.85. The number of piperidine rings is 1. The van der Waals surface area contributed by atoms with Gasteiger partial charge in [-0.15, -0.1) is 0 Å². The summed E-state index contributed by atoms with van der Waals surface area (Å²) in [6, 6.07) is 16.7. The van der Waals surface area contributed by atoms with Crippen molar-refractivity contribution in [1.82, 2.24) is 10.2 Å². The largest absolute Gasteiger partial charge is 0.352 e. The fraction of sp³-hybridized carbons (Fsp3) is 0.350. The monoisotopic (exact) mass is 353 g/mol. The predicted molar refractivity (Wildman–Crippen MR) is 99.4 cm³/mol. The number of nitro benzene ring substituents is 1. The molecule has 6 nitrogen and oxygen atoms in total. The van der Waals surface area contributed by atoms with Gasteiger partial charge in [-0.3, -0.25) is 19.8 Å². The van der Waals surface area contributed by atoms with E-state index in [4.69, 9.17) is 0 Å². The normalized spacial score (nSPS) is 15.5. The Balaban J connectivity index is 1.48. The van der Waals surface area contributed by atoms with Gasteiger partial charge in [0, 0.05) is 30.6 Å². The first-order valence-electron chi connectivity index (χ1n) is 8.90. The number of hydrogen-bond acceptors (Lipinski definition) is 4. The summed E-state index contributed by atoms with van der Waals surface area (Å²) in [5, 5.41) is 14.1. The lowest BCUT2D eigenvalue weighted by atomic mass is 9.95. The molecule has 6 heteroatoms. The number of likely N-dealkylation sites (tertiary alicyclic amines) is 1. The molecule has 26 heavy (non-hydrogen) atoms. The number of hydrogen-bond donors (Lipinski definition) is 1. The van der Waals surface area contributed by atoms with Gasteiger partial charge < -0.3 is 5.32 Å². The molecule has 2 aromatic carbocycles. The van der Waals surface area contributed by atoms with E-state index in [9.17, 15) is 14.9 Å². The zero-order chi connectivity index (χ0) is 18.4. The summed E-state index contributed by atoms with van der Waals surface area (Å²) in [4.78, 5) is 25.3. The minimum absolute atomic E-state index is 0.0146. The fourth-order valence-corrected chi connectivity index (χ4v) is 3.35. The molecular weight excluding hydrogens is 330 g/mol. The van der Waals surface area contributed by atoms with Gasteiger partial charge in [0.1, 0.15) is 0 Å². The van der Waals surface area contributed by atoms with Crippen molar-refractivity contribution in [3.05, 3.63) is 75.8 Å². The van der Waals surface area contributed by atoms with Crippen LogP contribution in [0.3, 0.4) is 0 Å². The molecule has 1 aliphatic rings. The number of benzene rings is 2. The third-order valence-electron chi connectivity index (χ3n) is 4.85. The molecule has 0 aromatic heterocycles. The molecule has 0 atom stereocenters. The number of nitro groups is 1. The standard InChI is InChI=1S/C20H23N3O3/c24-20(21-14-16-6-2-1-3-7-16)17-10-12-22(13-11-17)15-18-8-4-5-9-19(18)23(25)26/h1-9,17H,10-15H2,(H,21,24). The van der Waals surface area contributed by atoms with Crippen LogP contribution in [0.15, 0.2) is 54.6 Å². The number of carbonyl (C=O) groups excluding carboxylic acids is 1. The van der Waals surface area contributed by atoms with E-state index in [1.807, 2.05) is 36.4 Å². The van der Waals surface area contributed by atoms with Crippen LogP contribution >= 0.6 is 0 Å². The summed E-state index contributed by atoms with van der Waals surface area (Å²) >= 11 is 0. The molecule has 2 aromatic rings. The van der Waals surface area contributed by atoms with Crippen molar-refractivity contribution in [2.45, 2.75) is 25.9 Å². The Morgan fingerprint density at radius 1 is 1.08 bits per heavy atom. The molecule has 1 aliphatic heterocycles. The van der Waals surface area contributed by atoms with Crippen molar-refractivity contribution >= 4 is 11.6 Å². The Kier molecular flexibility index (Phi) is 5.96. The minimum atomic E-state index is -0.334. The van der Waals surface area contributed by atoms with E-state index in [1.165, 1.54) is 0 Å². The third kappa shape index (κ3) is 4.67. The van der Waals surface area contributed by atoms with E-state index >= 15 is 0 Å². The van der Waals surface area contributed by atoms with Gasteiger partial charge in [-0.1, -0.05) is 48.5 Å². The van der Waals surface area contributed by atoms with Crippen LogP contribution in [0.1, 0.15) is 24.0 Å². The summed E-state index contributed by atoms with van der Waals surface area (Å²) in [6.07, 6.45) is 1.56. The highest BCUT2D eigenvalue weighted by Crippen LogP contribution is 2.23. The maximum atomic E-state index is 12.4. The molecule has 0 spiro atoms.